The third kappa shape index (κ3) is 3.21. The lowest BCUT2D eigenvalue weighted by Crippen LogP contribution is -2.23. The van der Waals surface area contributed by atoms with Crippen LogP contribution in [0.3, 0.4) is 0 Å². The molecule has 17 heavy (non-hydrogen) atoms. The molecule has 0 spiro atoms. The second-order valence-electron chi connectivity index (χ2n) is 4.17. The Morgan fingerprint density at radius 3 is 2.59 bits per heavy atom. The van der Waals surface area contributed by atoms with Gasteiger partial charge in [-0.25, -0.2) is 0 Å². The summed E-state index contributed by atoms with van der Waals surface area (Å²) in [4.78, 5) is 0. The van der Waals surface area contributed by atoms with Gasteiger partial charge in [-0.2, -0.15) is 0 Å². The predicted octanol–water partition coefficient (Wildman–Crippen LogP) is 3.76. The fourth-order valence-corrected chi connectivity index (χ4v) is 1.91. The highest BCUT2D eigenvalue weighted by molar-refractivity contribution is 5.26. The zero-order chi connectivity index (χ0) is 11.9. The van der Waals surface area contributed by atoms with Gasteiger partial charge in [0, 0.05) is 0 Å². The van der Waals surface area contributed by atoms with E-state index in [-0.39, 0.29) is 6.04 Å². The van der Waals surface area contributed by atoms with E-state index in [1.807, 2.05) is 18.2 Å². The molecule has 90 valence electrons. The molecule has 2 aromatic rings. The summed E-state index contributed by atoms with van der Waals surface area (Å²) in [5, 5.41) is 3.55. The maximum atomic E-state index is 5.52. The van der Waals surface area contributed by atoms with Gasteiger partial charge in [0.1, 0.15) is 5.76 Å². The molecule has 0 saturated carbocycles. The van der Waals surface area contributed by atoms with E-state index in [0.717, 1.165) is 12.3 Å². The lowest BCUT2D eigenvalue weighted by atomic mass is 10.0. The van der Waals surface area contributed by atoms with Crippen LogP contribution in [0.5, 0.6) is 0 Å². The highest BCUT2D eigenvalue weighted by Gasteiger charge is 2.15. The second kappa shape index (κ2) is 6.26. The van der Waals surface area contributed by atoms with Crippen molar-refractivity contribution >= 4 is 0 Å². The molecule has 0 saturated heterocycles. The highest BCUT2D eigenvalue weighted by atomic mass is 16.3. The van der Waals surface area contributed by atoms with Crippen LogP contribution in [0.1, 0.15) is 37.1 Å². The van der Waals surface area contributed by atoms with Gasteiger partial charge >= 0.3 is 0 Å². The van der Waals surface area contributed by atoms with Crippen molar-refractivity contribution in [2.75, 3.05) is 6.54 Å². The summed E-state index contributed by atoms with van der Waals surface area (Å²) in [6, 6.07) is 14.5. The lowest BCUT2D eigenvalue weighted by Gasteiger charge is -2.16. The van der Waals surface area contributed by atoms with E-state index in [1.165, 1.54) is 18.4 Å². The normalized spacial score (nSPS) is 12.5. The van der Waals surface area contributed by atoms with Crippen molar-refractivity contribution in [2.45, 2.75) is 25.8 Å². The molecule has 1 heterocycles. The van der Waals surface area contributed by atoms with E-state index in [4.69, 9.17) is 4.42 Å². The topological polar surface area (TPSA) is 25.2 Å². The smallest absolute Gasteiger partial charge is 0.125 e. The van der Waals surface area contributed by atoms with Crippen molar-refractivity contribution in [1.29, 1.82) is 0 Å². The first-order valence-electron chi connectivity index (χ1n) is 6.23. The first-order valence-corrected chi connectivity index (χ1v) is 6.23. The van der Waals surface area contributed by atoms with E-state index in [9.17, 15) is 0 Å². The Bertz CT molecular complexity index is 408. The number of unbranched alkanes of at least 4 members (excludes halogenated alkanes) is 1. The van der Waals surface area contributed by atoms with Gasteiger partial charge in [-0.05, 0) is 30.7 Å². The summed E-state index contributed by atoms with van der Waals surface area (Å²) in [7, 11) is 0. The molecule has 0 fully saturated rings. The molecule has 2 nitrogen and oxygen atoms in total. The van der Waals surface area contributed by atoms with Gasteiger partial charge in [-0.3, -0.25) is 0 Å². The molecular formula is C15H19NO. The average Bonchev–Trinajstić information content (AvgIpc) is 2.89. The Hall–Kier alpha value is -1.54. The Kier molecular flexibility index (Phi) is 4.39. The molecule has 0 bridgehead atoms. The lowest BCUT2D eigenvalue weighted by molar-refractivity contribution is 0.443. The van der Waals surface area contributed by atoms with Gasteiger partial charge in [0.2, 0.25) is 0 Å². The number of benzene rings is 1. The average molecular weight is 229 g/mol. The molecule has 1 atom stereocenters. The van der Waals surface area contributed by atoms with Gasteiger partial charge in [-0.15, -0.1) is 0 Å². The van der Waals surface area contributed by atoms with Gasteiger partial charge in [0.15, 0.2) is 0 Å². The molecule has 1 aromatic heterocycles. The number of rotatable bonds is 6. The van der Waals surface area contributed by atoms with E-state index >= 15 is 0 Å². The Labute approximate surface area is 103 Å². The van der Waals surface area contributed by atoms with Gasteiger partial charge in [-0.1, -0.05) is 43.7 Å². The van der Waals surface area contributed by atoms with Gasteiger partial charge in [0.05, 0.1) is 12.3 Å². The van der Waals surface area contributed by atoms with E-state index in [0.29, 0.717) is 0 Å². The summed E-state index contributed by atoms with van der Waals surface area (Å²) in [5.41, 5.74) is 1.25. The number of furan rings is 1. The van der Waals surface area contributed by atoms with Crippen molar-refractivity contribution in [3.63, 3.8) is 0 Å². The zero-order valence-electron chi connectivity index (χ0n) is 10.2. The van der Waals surface area contributed by atoms with E-state index < -0.39 is 0 Å². The van der Waals surface area contributed by atoms with Crippen molar-refractivity contribution in [3.05, 3.63) is 60.1 Å². The fourth-order valence-electron chi connectivity index (χ4n) is 1.91. The van der Waals surface area contributed by atoms with E-state index in [1.54, 1.807) is 6.26 Å². The molecule has 0 radical (unpaired) electrons. The van der Waals surface area contributed by atoms with Crippen LogP contribution < -0.4 is 5.32 Å². The minimum Gasteiger partial charge on any atom is -0.467 e. The van der Waals surface area contributed by atoms with Crippen LogP contribution in [0.4, 0.5) is 0 Å². The summed E-state index contributed by atoms with van der Waals surface area (Å²) >= 11 is 0. The quantitative estimate of drug-likeness (QED) is 0.763. The molecule has 1 aromatic carbocycles. The number of hydrogen-bond acceptors (Lipinski definition) is 2. The molecule has 0 aliphatic carbocycles. The predicted molar refractivity (Wildman–Crippen MR) is 69.9 cm³/mol. The van der Waals surface area contributed by atoms with Crippen LogP contribution in [-0.2, 0) is 0 Å². The first-order chi connectivity index (χ1) is 8.42. The van der Waals surface area contributed by atoms with Crippen LogP contribution in [0.2, 0.25) is 0 Å². The largest absolute Gasteiger partial charge is 0.467 e. The summed E-state index contributed by atoms with van der Waals surface area (Å²) < 4.78 is 5.52. The van der Waals surface area contributed by atoms with Crippen molar-refractivity contribution < 1.29 is 4.42 Å². The van der Waals surface area contributed by atoms with Crippen LogP contribution in [0.25, 0.3) is 0 Å². The Morgan fingerprint density at radius 2 is 1.94 bits per heavy atom. The molecular weight excluding hydrogens is 210 g/mol. The van der Waals surface area contributed by atoms with Crippen molar-refractivity contribution in [2.24, 2.45) is 0 Å². The molecule has 0 aliphatic rings. The Morgan fingerprint density at radius 1 is 1.12 bits per heavy atom. The van der Waals surface area contributed by atoms with Crippen molar-refractivity contribution in [3.8, 4) is 0 Å². The van der Waals surface area contributed by atoms with Gasteiger partial charge < -0.3 is 9.73 Å². The standard InChI is InChI=1S/C15H19NO/c1-2-3-11-16-15(14-10-7-12-17-14)13-8-5-4-6-9-13/h4-10,12,15-16H,2-3,11H2,1H3. The van der Waals surface area contributed by atoms with E-state index in [2.05, 4.69) is 36.5 Å². The molecule has 2 rings (SSSR count). The maximum Gasteiger partial charge on any atom is 0.125 e. The summed E-state index contributed by atoms with van der Waals surface area (Å²) in [6.07, 6.45) is 4.11. The maximum absolute atomic E-state index is 5.52. The SMILES string of the molecule is CCCCNC(c1ccccc1)c1ccco1. The highest BCUT2D eigenvalue weighted by Crippen LogP contribution is 2.22. The summed E-state index contributed by atoms with van der Waals surface area (Å²) in [5.74, 6) is 0.979. The fraction of sp³-hybridized carbons (Fsp3) is 0.333. The van der Waals surface area contributed by atoms with Crippen LogP contribution in [0, 0.1) is 0 Å². The molecule has 1 N–H and O–H groups in total. The monoisotopic (exact) mass is 229 g/mol. The minimum atomic E-state index is 0.165. The van der Waals surface area contributed by atoms with Crippen LogP contribution >= 0.6 is 0 Å². The number of hydrogen-bond donors (Lipinski definition) is 1. The van der Waals surface area contributed by atoms with Crippen LogP contribution in [0.15, 0.2) is 53.1 Å². The minimum absolute atomic E-state index is 0.165. The van der Waals surface area contributed by atoms with Crippen LogP contribution in [-0.4, -0.2) is 6.54 Å². The van der Waals surface area contributed by atoms with Gasteiger partial charge in [0.25, 0.3) is 0 Å². The third-order valence-corrected chi connectivity index (χ3v) is 2.84. The van der Waals surface area contributed by atoms with Crippen molar-refractivity contribution in [1.82, 2.24) is 5.32 Å². The third-order valence-electron chi connectivity index (χ3n) is 2.84. The first kappa shape index (κ1) is 11.9. The second-order valence-corrected chi connectivity index (χ2v) is 4.17. The summed E-state index contributed by atoms with van der Waals surface area (Å²) in [6.45, 7) is 3.21. The molecule has 0 aliphatic heterocycles. The molecule has 0 amide bonds. The zero-order valence-corrected chi connectivity index (χ0v) is 10.2. The molecule has 1 unspecified atom stereocenters. The number of nitrogens with one attached hydrogen (secondary N) is 1. The molecule has 2 heteroatoms. The Balaban J connectivity index is 2.13.